The van der Waals surface area contributed by atoms with Gasteiger partial charge < -0.3 is 9.47 Å². The molecular weight excluding hydrogens is 392 g/mol. The molecule has 0 radical (unpaired) electrons. The summed E-state index contributed by atoms with van der Waals surface area (Å²) in [6.07, 6.45) is 2.31. The number of carbonyl (C=O) groups excluding carboxylic acids is 2. The van der Waals surface area contributed by atoms with E-state index in [2.05, 4.69) is 27.7 Å². The number of benzene rings is 1. The first-order valence-electron chi connectivity index (χ1n) is 9.21. The topological polar surface area (TPSA) is 102 Å². The van der Waals surface area contributed by atoms with Crippen LogP contribution < -0.4 is 15.6 Å². The number of aryl methyl sites for hydroxylation is 2. The minimum absolute atomic E-state index is 0.149. The second kappa shape index (κ2) is 9.33. The first-order valence-corrected chi connectivity index (χ1v) is 10.0. The van der Waals surface area contributed by atoms with Crippen molar-refractivity contribution in [1.82, 2.24) is 15.4 Å². The summed E-state index contributed by atoms with van der Waals surface area (Å²) >= 11 is 1.23. The maximum Gasteiger partial charge on any atom is 0.348 e. The predicted octanol–water partition coefficient (Wildman–Crippen LogP) is 3.26. The molecule has 29 heavy (non-hydrogen) atoms. The number of ether oxygens (including phenoxy) is 2. The van der Waals surface area contributed by atoms with Crippen molar-refractivity contribution in [3.05, 3.63) is 46.6 Å². The van der Waals surface area contributed by atoms with Crippen LogP contribution in [0.1, 0.15) is 34.6 Å². The van der Waals surface area contributed by atoms with E-state index in [9.17, 15) is 9.59 Å². The first kappa shape index (κ1) is 20.5. The fourth-order valence-corrected chi connectivity index (χ4v) is 3.74. The highest BCUT2D eigenvalue weighted by Gasteiger charge is 2.20. The van der Waals surface area contributed by atoms with Crippen molar-refractivity contribution in [2.45, 2.75) is 27.2 Å². The van der Waals surface area contributed by atoms with Crippen molar-refractivity contribution >= 4 is 39.2 Å². The van der Waals surface area contributed by atoms with Crippen molar-refractivity contribution in [2.24, 2.45) is 0 Å². The smallest absolute Gasteiger partial charge is 0.348 e. The molecule has 0 fully saturated rings. The Hall–Kier alpha value is -3.20. The minimum Gasteiger partial charge on any atom is -0.484 e. The number of carbonyl (C=O) groups is 2. The second-order valence-electron chi connectivity index (χ2n) is 6.14. The number of anilines is 1. The molecule has 9 heteroatoms. The first-order chi connectivity index (χ1) is 14.0. The van der Waals surface area contributed by atoms with E-state index < -0.39 is 5.97 Å². The Labute approximate surface area is 172 Å². The average Bonchev–Trinajstić information content (AvgIpc) is 3.08. The Morgan fingerprint density at radius 2 is 1.90 bits per heavy atom. The highest BCUT2D eigenvalue weighted by atomic mass is 32.1. The Kier molecular flexibility index (Phi) is 6.61. The summed E-state index contributed by atoms with van der Waals surface area (Å²) in [5.74, 6) is 0.259. The van der Waals surface area contributed by atoms with Crippen molar-refractivity contribution in [3.63, 3.8) is 0 Å². The van der Waals surface area contributed by atoms with E-state index in [1.165, 1.54) is 23.2 Å². The van der Waals surface area contributed by atoms with Gasteiger partial charge in [-0.2, -0.15) is 0 Å². The number of rotatable bonds is 8. The number of nitrogens with one attached hydrogen (secondary N) is 2. The molecule has 2 aromatic heterocycles. The lowest BCUT2D eigenvalue weighted by Gasteiger charge is -2.10. The Morgan fingerprint density at radius 3 is 2.59 bits per heavy atom. The van der Waals surface area contributed by atoms with Crippen LogP contribution in [0.3, 0.4) is 0 Å². The Balaban J connectivity index is 1.65. The van der Waals surface area contributed by atoms with E-state index in [1.54, 1.807) is 13.8 Å². The maximum atomic E-state index is 12.1. The number of hydrazine groups is 1. The third kappa shape index (κ3) is 4.80. The lowest BCUT2D eigenvalue weighted by Crippen LogP contribution is -2.34. The fourth-order valence-electron chi connectivity index (χ4n) is 2.69. The number of amides is 1. The molecule has 3 aromatic rings. The van der Waals surface area contributed by atoms with Crippen molar-refractivity contribution in [3.8, 4) is 5.75 Å². The van der Waals surface area contributed by atoms with Gasteiger partial charge in [-0.15, -0.1) is 11.3 Å². The molecule has 8 nitrogen and oxygen atoms in total. The lowest BCUT2D eigenvalue weighted by molar-refractivity contribution is -0.122. The molecule has 1 aromatic carbocycles. The van der Waals surface area contributed by atoms with Crippen molar-refractivity contribution < 1.29 is 19.1 Å². The van der Waals surface area contributed by atoms with Gasteiger partial charge in [0.1, 0.15) is 21.8 Å². The molecular formula is C20H22N4O4S. The van der Waals surface area contributed by atoms with Gasteiger partial charge in [0, 0.05) is 0 Å². The van der Waals surface area contributed by atoms with Crippen LogP contribution in [0.25, 0.3) is 10.2 Å². The van der Waals surface area contributed by atoms with Crippen LogP contribution in [-0.2, 0) is 16.0 Å². The molecule has 152 valence electrons. The second-order valence-corrected chi connectivity index (χ2v) is 7.14. The molecule has 0 aliphatic heterocycles. The van der Waals surface area contributed by atoms with Gasteiger partial charge in [-0.3, -0.25) is 15.6 Å². The predicted molar refractivity (Wildman–Crippen MR) is 111 cm³/mol. The molecule has 0 bridgehead atoms. The number of hydrogen-bond donors (Lipinski definition) is 2. The summed E-state index contributed by atoms with van der Waals surface area (Å²) in [5, 5.41) is 0.664. The Morgan fingerprint density at radius 1 is 1.14 bits per heavy atom. The minimum atomic E-state index is -0.398. The van der Waals surface area contributed by atoms with Gasteiger partial charge >= 0.3 is 5.97 Å². The van der Waals surface area contributed by atoms with Crippen molar-refractivity contribution in [1.29, 1.82) is 0 Å². The van der Waals surface area contributed by atoms with Crippen LogP contribution in [0.4, 0.5) is 5.82 Å². The molecule has 2 heterocycles. The van der Waals surface area contributed by atoms with Crippen LogP contribution in [0, 0.1) is 6.92 Å². The van der Waals surface area contributed by atoms with E-state index in [0.29, 0.717) is 38.8 Å². The standard InChI is InChI=1S/C20H22N4O4S/c1-4-13-6-8-14(9-7-13)28-10-15(25)23-24-18-16-12(3)17(20(26)27-5-2)29-19(16)22-11-21-18/h6-9,11H,4-5,10H2,1-3H3,(H,23,25)(H,21,22,24). The summed E-state index contributed by atoms with van der Waals surface area (Å²) in [7, 11) is 0. The highest BCUT2D eigenvalue weighted by Crippen LogP contribution is 2.33. The van der Waals surface area contributed by atoms with Gasteiger partial charge in [-0.25, -0.2) is 14.8 Å². The van der Waals surface area contributed by atoms with Crippen LogP contribution in [0.15, 0.2) is 30.6 Å². The molecule has 0 unspecified atom stereocenters. The number of thiophene rings is 1. The van der Waals surface area contributed by atoms with Crippen LogP contribution in [0.5, 0.6) is 5.75 Å². The molecule has 0 aliphatic rings. The van der Waals surface area contributed by atoms with E-state index in [1.807, 2.05) is 24.3 Å². The highest BCUT2D eigenvalue weighted by molar-refractivity contribution is 7.20. The van der Waals surface area contributed by atoms with Gasteiger partial charge in [0.05, 0.1) is 12.0 Å². The Bertz CT molecular complexity index is 1020. The number of fused-ring (bicyclic) bond motifs is 1. The molecule has 0 spiro atoms. The SMILES string of the molecule is CCOC(=O)c1sc2ncnc(NNC(=O)COc3ccc(CC)cc3)c2c1C. The van der Waals surface area contributed by atoms with Crippen LogP contribution in [0.2, 0.25) is 0 Å². The zero-order chi connectivity index (χ0) is 20.8. The molecule has 1 amide bonds. The van der Waals surface area contributed by atoms with E-state index in [-0.39, 0.29) is 12.5 Å². The molecule has 3 rings (SSSR count). The zero-order valence-corrected chi connectivity index (χ0v) is 17.3. The third-order valence-corrected chi connectivity index (χ3v) is 5.39. The average molecular weight is 414 g/mol. The van der Waals surface area contributed by atoms with E-state index in [0.717, 1.165) is 6.42 Å². The van der Waals surface area contributed by atoms with Crippen molar-refractivity contribution in [2.75, 3.05) is 18.6 Å². The van der Waals surface area contributed by atoms with Gasteiger partial charge in [0.25, 0.3) is 5.91 Å². The third-order valence-electron chi connectivity index (χ3n) is 4.21. The lowest BCUT2D eigenvalue weighted by atomic mass is 10.2. The largest absolute Gasteiger partial charge is 0.484 e. The van der Waals surface area contributed by atoms with Gasteiger partial charge in [0.2, 0.25) is 0 Å². The van der Waals surface area contributed by atoms with Crippen LogP contribution >= 0.6 is 11.3 Å². The maximum absolute atomic E-state index is 12.1. The molecule has 0 saturated heterocycles. The van der Waals surface area contributed by atoms with Gasteiger partial charge in [-0.1, -0.05) is 19.1 Å². The summed E-state index contributed by atoms with van der Waals surface area (Å²) in [6, 6.07) is 7.59. The van der Waals surface area contributed by atoms with E-state index >= 15 is 0 Å². The monoisotopic (exact) mass is 414 g/mol. The van der Waals surface area contributed by atoms with E-state index in [4.69, 9.17) is 9.47 Å². The summed E-state index contributed by atoms with van der Waals surface area (Å²) in [6.45, 7) is 5.77. The number of hydrogen-bond acceptors (Lipinski definition) is 8. The fraction of sp³-hybridized carbons (Fsp3) is 0.300. The normalized spacial score (nSPS) is 10.6. The molecule has 0 atom stereocenters. The number of aromatic nitrogens is 2. The molecule has 0 aliphatic carbocycles. The number of nitrogens with zero attached hydrogens (tertiary/aromatic N) is 2. The summed E-state index contributed by atoms with van der Waals surface area (Å²) < 4.78 is 10.6. The van der Waals surface area contributed by atoms with Gasteiger partial charge in [0.15, 0.2) is 12.4 Å². The molecule has 2 N–H and O–H groups in total. The zero-order valence-electron chi connectivity index (χ0n) is 16.4. The number of esters is 1. The van der Waals surface area contributed by atoms with Crippen LogP contribution in [-0.4, -0.2) is 35.1 Å². The molecule has 0 saturated carbocycles. The summed E-state index contributed by atoms with van der Waals surface area (Å²) in [5.41, 5.74) is 7.25. The quantitative estimate of drug-likeness (QED) is 0.431. The van der Waals surface area contributed by atoms with Gasteiger partial charge in [-0.05, 0) is 43.5 Å². The summed E-state index contributed by atoms with van der Waals surface area (Å²) in [4.78, 5) is 33.7.